The van der Waals surface area contributed by atoms with E-state index in [1.54, 1.807) is 13.3 Å². The second kappa shape index (κ2) is 13.2. The Morgan fingerprint density at radius 1 is 1.19 bits per heavy atom. The zero-order valence-electron chi connectivity index (χ0n) is 21.4. The number of H-pyrrole nitrogens is 1. The quantitative estimate of drug-likeness (QED) is 0.302. The molecule has 0 aliphatic carbocycles. The van der Waals surface area contributed by atoms with E-state index >= 15 is 0 Å². The molecule has 2 aromatic heterocycles. The van der Waals surface area contributed by atoms with Crippen LogP contribution in [0.5, 0.6) is 5.88 Å². The minimum atomic E-state index is -0.290. The van der Waals surface area contributed by atoms with Crippen LogP contribution >= 0.6 is 0 Å². The number of ether oxygens (including phenoxy) is 2. The van der Waals surface area contributed by atoms with Crippen molar-refractivity contribution >= 4 is 22.7 Å². The van der Waals surface area contributed by atoms with Gasteiger partial charge in [0.2, 0.25) is 17.7 Å². The smallest absolute Gasteiger partial charge is 0.223 e. The molecule has 2 amide bonds. The van der Waals surface area contributed by atoms with Gasteiger partial charge in [0.05, 0.1) is 49.3 Å². The number of primary amides is 1. The molecule has 1 fully saturated rings. The summed E-state index contributed by atoms with van der Waals surface area (Å²) in [5, 5.41) is 4.16. The molecule has 1 saturated heterocycles. The number of methoxy groups -OCH3 is 1. The lowest BCUT2D eigenvalue weighted by Crippen LogP contribution is -2.39. The third-order valence-corrected chi connectivity index (χ3v) is 6.61. The van der Waals surface area contributed by atoms with Crippen LogP contribution in [0, 0.1) is 0 Å². The van der Waals surface area contributed by atoms with E-state index in [0.717, 1.165) is 54.5 Å². The predicted molar refractivity (Wildman–Crippen MR) is 141 cm³/mol. The topological polar surface area (TPSA) is 135 Å². The number of carbonyl (C=O) groups excluding carboxylic acids is 2. The lowest BCUT2D eigenvalue weighted by Gasteiger charge is -2.26. The van der Waals surface area contributed by atoms with E-state index < -0.39 is 0 Å². The molecular weight excluding hydrogens is 472 g/mol. The molecule has 10 nitrogen and oxygen atoms in total. The summed E-state index contributed by atoms with van der Waals surface area (Å²) in [6.07, 6.45) is 5.64. The maximum absolute atomic E-state index is 12.9. The molecule has 0 saturated carbocycles. The molecule has 1 aliphatic heterocycles. The number of aromatic amines is 1. The lowest BCUT2D eigenvalue weighted by molar-refractivity contribution is -0.122. The number of nitrogens with zero attached hydrogens (tertiary/aromatic N) is 3. The number of amides is 2. The number of unbranched alkanes of at least 4 members (excludes halogenated alkanes) is 2. The van der Waals surface area contributed by atoms with Crippen molar-refractivity contribution in [3.05, 3.63) is 42.4 Å². The van der Waals surface area contributed by atoms with Crippen LogP contribution in [0.1, 0.15) is 50.4 Å². The zero-order chi connectivity index (χ0) is 26.0. The van der Waals surface area contributed by atoms with Gasteiger partial charge < -0.3 is 25.5 Å². The van der Waals surface area contributed by atoms with Crippen molar-refractivity contribution in [1.29, 1.82) is 0 Å². The van der Waals surface area contributed by atoms with Gasteiger partial charge in [0.1, 0.15) is 5.82 Å². The normalized spacial score (nSPS) is 14.9. The van der Waals surface area contributed by atoms with Gasteiger partial charge in [-0.1, -0.05) is 31.0 Å². The Balaban J connectivity index is 1.47. The third-order valence-electron chi connectivity index (χ3n) is 6.61. The van der Waals surface area contributed by atoms with Crippen LogP contribution in [-0.4, -0.2) is 71.6 Å². The van der Waals surface area contributed by atoms with Crippen LogP contribution in [0.2, 0.25) is 0 Å². The summed E-state index contributed by atoms with van der Waals surface area (Å²) in [5.41, 5.74) is 7.69. The van der Waals surface area contributed by atoms with E-state index in [9.17, 15) is 9.59 Å². The van der Waals surface area contributed by atoms with Gasteiger partial charge in [-0.15, -0.1) is 0 Å². The highest BCUT2D eigenvalue weighted by atomic mass is 16.5. The molecule has 10 heteroatoms. The highest BCUT2D eigenvalue weighted by Crippen LogP contribution is 2.31. The molecule has 0 spiro atoms. The number of fused-ring (bicyclic) bond motifs is 1. The fraction of sp³-hybridized carbons (Fsp3) is 0.481. The van der Waals surface area contributed by atoms with E-state index in [4.69, 9.17) is 15.2 Å². The van der Waals surface area contributed by atoms with Crippen LogP contribution in [-0.2, 0) is 14.3 Å². The molecule has 1 aromatic carbocycles. The average Bonchev–Trinajstić information content (AvgIpc) is 3.41. The van der Waals surface area contributed by atoms with Crippen molar-refractivity contribution in [3.63, 3.8) is 0 Å². The minimum absolute atomic E-state index is 0.0171. The molecule has 0 bridgehead atoms. The van der Waals surface area contributed by atoms with E-state index in [1.807, 2.05) is 30.3 Å². The summed E-state index contributed by atoms with van der Waals surface area (Å²) in [6, 6.07) is 9.61. The minimum Gasteiger partial charge on any atom is -0.480 e. The fourth-order valence-electron chi connectivity index (χ4n) is 4.55. The molecule has 37 heavy (non-hydrogen) atoms. The van der Waals surface area contributed by atoms with E-state index in [1.165, 1.54) is 0 Å². The Bertz CT molecular complexity index is 1190. The number of benzene rings is 1. The van der Waals surface area contributed by atoms with Crippen molar-refractivity contribution < 1.29 is 19.1 Å². The lowest BCUT2D eigenvalue weighted by atomic mass is 10.1. The molecule has 4 rings (SSSR count). The molecule has 1 atom stereocenters. The number of pyridine rings is 1. The fourth-order valence-corrected chi connectivity index (χ4v) is 4.55. The van der Waals surface area contributed by atoms with Gasteiger partial charge in [0.25, 0.3) is 0 Å². The number of carbonyl (C=O) groups is 2. The first-order chi connectivity index (χ1) is 18.0. The first-order valence-electron chi connectivity index (χ1n) is 12.9. The van der Waals surface area contributed by atoms with Gasteiger partial charge in [0, 0.05) is 37.9 Å². The van der Waals surface area contributed by atoms with E-state index in [0.29, 0.717) is 50.7 Å². The average molecular weight is 509 g/mol. The Kier molecular flexibility index (Phi) is 9.45. The molecule has 3 aromatic rings. The summed E-state index contributed by atoms with van der Waals surface area (Å²) in [7, 11) is 1.60. The molecule has 4 N–H and O–H groups in total. The second-order valence-electron chi connectivity index (χ2n) is 9.31. The number of imidazole rings is 1. The van der Waals surface area contributed by atoms with Gasteiger partial charge >= 0.3 is 0 Å². The van der Waals surface area contributed by atoms with Crippen molar-refractivity contribution in [2.75, 3.05) is 40.0 Å². The first kappa shape index (κ1) is 26.6. The molecule has 3 heterocycles. The van der Waals surface area contributed by atoms with Crippen LogP contribution in [0.25, 0.3) is 22.2 Å². The summed E-state index contributed by atoms with van der Waals surface area (Å²) in [6.45, 7) is 3.80. The molecule has 0 radical (unpaired) electrons. The molecule has 0 unspecified atom stereocenters. The first-order valence-corrected chi connectivity index (χ1v) is 12.9. The standard InChI is InChI=1S/C27H36N6O4/c1-36-27-20(17-19-7-5-6-8-21(19)32-27)23-18-29-26(31-23)22(9-3-2-4-10-24(28)34)30-25(35)11-12-33-13-15-37-16-14-33/h5-8,17-18,22H,2-4,9-16H2,1H3,(H2,28,34)(H,29,31)(H,30,35)/t22-/m0/s1. The highest BCUT2D eigenvalue weighted by molar-refractivity contribution is 5.85. The van der Waals surface area contributed by atoms with Crippen molar-refractivity contribution in [1.82, 2.24) is 25.2 Å². The van der Waals surface area contributed by atoms with Crippen molar-refractivity contribution in [2.45, 2.75) is 44.6 Å². The van der Waals surface area contributed by atoms with Gasteiger partial charge in [-0.05, 0) is 25.0 Å². The number of hydrogen-bond acceptors (Lipinski definition) is 7. The Hall–Kier alpha value is -3.50. The number of hydrogen-bond donors (Lipinski definition) is 3. The maximum Gasteiger partial charge on any atom is 0.223 e. The maximum atomic E-state index is 12.9. The van der Waals surface area contributed by atoms with Crippen molar-refractivity contribution in [3.8, 4) is 17.1 Å². The number of para-hydroxylation sites is 1. The number of rotatable bonds is 13. The Morgan fingerprint density at radius 3 is 2.78 bits per heavy atom. The molecule has 1 aliphatic rings. The highest BCUT2D eigenvalue weighted by Gasteiger charge is 2.21. The Morgan fingerprint density at radius 2 is 2.00 bits per heavy atom. The Labute approximate surface area is 216 Å². The second-order valence-corrected chi connectivity index (χ2v) is 9.31. The summed E-state index contributed by atoms with van der Waals surface area (Å²) < 4.78 is 11.0. The number of nitrogens with one attached hydrogen (secondary N) is 2. The van der Waals surface area contributed by atoms with E-state index in [-0.39, 0.29) is 17.9 Å². The number of morpholine rings is 1. The van der Waals surface area contributed by atoms with Gasteiger partial charge in [0.15, 0.2) is 0 Å². The molecule has 198 valence electrons. The third kappa shape index (κ3) is 7.50. The summed E-state index contributed by atoms with van der Waals surface area (Å²) in [5.74, 6) is 0.879. The van der Waals surface area contributed by atoms with Gasteiger partial charge in [-0.25, -0.2) is 9.97 Å². The number of aromatic nitrogens is 3. The monoisotopic (exact) mass is 508 g/mol. The van der Waals surface area contributed by atoms with Crippen LogP contribution < -0.4 is 15.8 Å². The van der Waals surface area contributed by atoms with Gasteiger partial charge in [-0.2, -0.15) is 0 Å². The van der Waals surface area contributed by atoms with Crippen LogP contribution in [0.3, 0.4) is 0 Å². The van der Waals surface area contributed by atoms with E-state index in [2.05, 4.69) is 25.2 Å². The molecular formula is C27H36N6O4. The van der Waals surface area contributed by atoms with Crippen LogP contribution in [0.15, 0.2) is 36.5 Å². The predicted octanol–water partition coefficient (Wildman–Crippen LogP) is 2.95. The number of nitrogens with two attached hydrogens (primary N) is 1. The van der Waals surface area contributed by atoms with Crippen molar-refractivity contribution in [2.24, 2.45) is 5.73 Å². The zero-order valence-corrected chi connectivity index (χ0v) is 21.4. The largest absolute Gasteiger partial charge is 0.480 e. The SMILES string of the molecule is COc1nc2ccccc2cc1-c1cnc([C@H](CCCCCC(N)=O)NC(=O)CCN2CCOCC2)[nH]1. The van der Waals surface area contributed by atoms with Crippen LogP contribution in [0.4, 0.5) is 0 Å². The summed E-state index contributed by atoms with van der Waals surface area (Å²) in [4.78, 5) is 38.8. The summed E-state index contributed by atoms with van der Waals surface area (Å²) >= 11 is 0. The van der Waals surface area contributed by atoms with Gasteiger partial charge in [-0.3, -0.25) is 14.5 Å².